The van der Waals surface area contributed by atoms with E-state index in [1.54, 1.807) is 12.1 Å². The maximum absolute atomic E-state index is 14.5. The zero-order chi connectivity index (χ0) is 24.9. The Labute approximate surface area is 206 Å². The van der Waals surface area contributed by atoms with Crippen LogP contribution in [0.3, 0.4) is 0 Å². The lowest BCUT2D eigenvalue weighted by atomic mass is 10.0. The van der Waals surface area contributed by atoms with Crippen molar-refractivity contribution in [3.05, 3.63) is 64.7 Å². The third-order valence-corrected chi connectivity index (χ3v) is 7.40. The highest BCUT2D eigenvalue weighted by Crippen LogP contribution is 2.29. The van der Waals surface area contributed by atoms with Crippen LogP contribution in [0.15, 0.2) is 36.4 Å². The summed E-state index contributed by atoms with van der Waals surface area (Å²) in [6.07, 6.45) is 5.02. The van der Waals surface area contributed by atoms with Crippen molar-refractivity contribution in [1.29, 1.82) is 0 Å². The van der Waals surface area contributed by atoms with Gasteiger partial charge in [0.1, 0.15) is 11.6 Å². The first kappa shape index (κ1) is 25.3. The highest BCUT2D eigenvalue weighted by Gasteiger charge is 2.33. The number of carbonyl (C=O) groups excluding carboxylic acids is 2. The van der Waals surface area contributed by atoms with Crippen LogP contribution in [0.1, 0.15) is 55.7 Å². The summed E-state index contributed by atoms with van der Waals surface area (Å²) in [5, 5.41) is 2.85. The third-order valence-electron chi connectivity index (χ3n) is 7.40. The Hall–Kier alpha value is -2.80. The van der Waals surface area contributed by atoms with Gasteiger partial charge in [-0.05, 0) is 74.1 Å². The predicted octanol–water partition coefficient (Wildman–Crippen LogP) is 5.07. The second-order valence-corrected chi connectivity index (χ2v) is 10.0. The summed E-state index contributed by atoms with van der Waals surface area (Å²) in [4.78, 5) is 29.7. The summed E-state index contributed by atoms with van der Waals surface area (Å²) in [5.41, 5.74) is 3.03. The van der Waals surface area contributed by atoms with E-state index in [1.807, 2.05) is 11.8 Å². The molecule has 1 saturated carbocycles. The van der Waals surface area contributed by atoms with E-state index in [1.165, 1.54) is 24.3 Å². The van der Waals surface area contributed by atoms with Gasteiger partial charge in [-0.25, -0.2) is 8.78 Å². The highest BCUT2D eigenvalue weighted by molar-refractivity contribution is 5.91. The van der Waals surface area contributed by atoms with Crippen molar-refractivity contribution in [3.8, 4) is 0 Å². The van der Waals surface area contributed by atoms with Crippen LogP contribution < -0.4 is 5.32 Å². The number of hydrogen-bond donors (Lipinski definition) is 1. The van der Waals surface area contributed by atoms with E-state index in [4.69, 9.17) is 0 Å². The summed E-state index contributed by atoms with van der Waals surface area (Å²) >= 11 is 0. The molecular formula is C28H35F2N3O2. The minimum atomic E-state index is -0.387. The highest BCUT2D eigenvalue weighted by atomic mass is 19.1. The van der Waals surface area contributed by atoms with E-state index >= 15 is 0 Å². The molecule has 0 bridgehead atoms. The van der Waals surface area contributed by atoms with Gasteiger partial charge in [0.05, 0.1) is 0 Å². The number of carbonyl (C=O) groups is 2. The van der Waals surface area contributed by atoms with E-state index in [2.05, 4.69) is 17.1 Å². The fourth-order valence-corrected chi connectivity index (χ4v) is 5.30. The molecule has 1 heterocycles. The van der Waals surface area contributed by atoms with Crippen LogP contribution in [0.5, 0.6) is 0 Å². The molecule has 0 unspecified atom stereocenters. The monoisotopic (exact) mass is 483 g/mol. The van der Waals surface area contributed by atoms with Gasteiger partial charge < -0.3 is 10.2 Å². The van der Waals surface area contributed by atoms with Gasteiger partial charge in [0.2, 0.25) is 11.8 Å². The molecule has 1 aliphatic carbocycles. The van der Waals surface area contributed by atoms with Gasteiger partial charge in [-0.1, -0.05) is 25.0 Å². The maximum Gasteiger partial charge on any atom is 0.226 e. The van der Waals surface area contributed by atoms with Crippen LogP contribution in [0.4, 0.5) is 14.5 Å². The molecule has 0 radical (unpaired) electrons. The van der Waals surface area contributed by atoms with Crippen LogP contribution >= 0.6 is 0 Å². The first-order valence-corrected chi connectivity index (χ1v) is 12.7. The number of piperazine rings is 1. The van der Waals surface area contributed by atoms with Gasteiger partial charge in [0.15, 0.2) is 0 Å². The van der Waals surface area contributed by atoms with Gasteiger partial charge in [0, 0.05) is 50.2 Å². The maximum atomic E-state index is 14.5. The van der Waals surface area contributed by atoms with Gasteiger partial charge in [-0.3, -0.25) is 14.5 Å². The molecule has 1 atom stereocenters. The Kier molecular flexibility index (Phi) is 8.16. The number of halogens is 2. The van der Waals surface area contributed by atoms with Crippen molar-refractivity contribution in [1.82, 2.24) is 9.80 Å². The van der Waals surface area contributed by atoms with Crippen molar-refractivity contribution in [2.24, 2.45) is 5.92 Å². The molecule has 1 N–H and O–H groups in total. The van der Waals surface area contributed by atoms with E-state index < -0.39 is 0 Å². The molecule has 5 nitrogen and oxygen atoms in total. The van der Waals surface area contributed by atoms with Gasteiger partial charge in [-0.2, -0.15) is 0 Å². The molecule has 1 saturated heterocycles. The molecule has 1 aliphatic heterocycles. The molecule has 35 heavy (non-hydrogen) atoms. The average Bonchev–Trinajstić information content (AvgIpc) is 3.36. The molecule has 7 heteroatoms. The summed E-state index contributed by atoms with van der Waals surface area (Å²) in [7, 11) is 0. The molecule has 2 amide bonds. The lowest BCUT2D eigenvalue weighted by Gasteiger charge is -2.41. The number of amides is 2. The number of nitrogens with zero attached hydrogens (tertiary/aromatic N) is 2. The summed E-state index contributed by atoms with van der Waals surface area (Å²) < 4.78 is 27.5. The fraction of sp³-hybridized carbons (Fsp3) is 0.500. The van der Waals surface area contributed by atoms with Crippen molar-refractivity contribution >= 4 is 17.5 Å². The van der Waals surface area contributed by atoms with E-state index in [9.17, 15) is 18.4 Å². The summed E-state index contributed by atoms with van der Waals surface area (Å²) in [6.45, 7) is 6.74. The number of hydrogen-bond acceptors (Lipinski definition) is 3. The van der Waals surface area contributed by atoms with Crippen molar-refractivity contribution in [2.75, 3.05) is 25.0 Å². The first-order chi connectivity index (χ1) is 16.8. The summed E-state index contributed by atoms with van der Waals surface area (Å²) in [6, 6.07) is 9.09. The quantitative estimate of drug-likeness (QED) is 0.599. The normalized spacial score (nSPS) is 19.2. The number of rotatable bonds is 7. The second-order valence-electron chi connectivity index (χ2n) is 10.0. The minimum absolute atomic E-state index is 0.122. The Morgan fingerprint density at radius 2 is 1.74 bits per heavy atom. The molecule has 2 aromatic carbocycles. The van der Waals surface area contributed by atoms with Crippen LogP contribution in [0.2, 0.25) is 0 Å². The number of benzene rings is 2. The van der Waals surface area contributed by atoms with E-state index in [0.29, 0.717) is 31.1 Å². The number of nitrogens with one attached hydrogen (secondary N) is 1. The van der Waals surface area contributed by atoms with Crippen molar-refractivity contribution in [2.45, 2.75) is 65.0 Å². The molecule has 188 valence electrons. The molecule has 2 fully saturated rings. The summed E-state index contributed by atoms with van der Waals surface area (Å²) in [5.74, 6) is -0.424. The molecule has 2 aromatic rings. The number of aryl methyl sites for hydroxylation is 1. The topological polar surface area (TPSA) is 52.6 Å². The first-order valence-electron chi connectivity index (χ1n) is 12.7. The lowest BCUT2D eigenvalue weighted by Crippen LogP contribution is -2.54. The molecule has 4 rings (SSSR count). The minimum Gasteiger partial charge on any atom is -0.337 e. The Bertz CT molecular complexity index is 1050. The van der Waals surface area contributed by atoms with Crippen molar-refractivity contribution < 1.29 is 18.4 Å². The molecule has 0 spiro atoms. The van der Waals surface area contributed by atoms with E-state index in [-0.39, 0.29) is 35.9 Å². The van der Waals surface area contributed by atoms with Crippen LogP contribution in [-0.2, 0) is 22.6 Å². The predicted molar refractivity (Wildman–Crippen MR) is 133 cm³/mol. The Balaban J connectivity index is 1.34. The smallest absolute Gasteiger partial charge is 0.226 e. The lowest BCUT2D eigenvalue weighted by molar-refractivity contribution is -0.140. The second kappa shape index (κ2) is 11.3. The van der Waals surface area contributed by atoms with Crippen LogP contribution in [0, 0.1) is 24.5 Å². The van der Waals surface area contributed by atoms with Gasteiger partial charge in [0.25, 0.3) is 0 Å². The molecule has 2 aliphatic rings. The van der Waals surface area contributed by atoms with Gasteiger partial charge in [-0.15, -0.1) is 0 Å². The zero-order valence-corrected chi connectivity index (χ0v) is 20.7. The Morgan fingerprint density at radius 3 is 2.43 bits per heavy atom. The standard InChI is InChI=1S/C28H35F2N3O2/c1-19-17-32(13-14-33(19)28(35)22-5-3-4-6-22)18-23-15-25(30)16-26(20(23)2)31-27(34)12-9-21-7-10-24(29)11-8-21/h7-8,10-11,15-16,19,22H,3-6,9,12-14,17-18H2,1-2H3,(H,31,34)/t19-/m0/s1. The third kappa shape index (κ3) is 6.45. The SMILES string of the molecule is Cc1c(CN2CCN(C(=O)C3CCCC3)[C@@H](C)C2)cc(F)cc1NC(=O)CCc1ccc(F)cc1. The molecule has 0 aromatic heterocycles. The van der Waals surface area contributed by atoms with Crippen LogP contribution in [-0.4, -0.2) is 47.3 Å². The van der Waals surface area contributed by atoms with Crippen molar-refractivity contribution in [3.63, 3.8) is 0 Å². The number of anilines is 1. The zero-order valence-electron chi connectivity index (χ0n) is 20.7. The van der Waals surface area contributed by atoms with E-state index in [0.717, 1.165) is 55.5 Å². The fourth-order valence-electron chi connectivity index (χ4n) is 5.30. The largest absolute Gasteiger partial charge is 0.337 e. The Morgan fingerprint density at radius 1 is 1.03 bits per heavy atom. The average molecular weight is 484 g/mol. The molecular weight excluding hydrogens is 448 g/mol. The van der Waals surface area contributed by atoms with Gasteiger partial charge >= 0.3 is 0 Å². The van der Waals surface area contributed by atoms with Crippen LogP contribution in [0.25, 0.3) is 0 Å².